The van der Waals surface area contributed by atoms with E-state index < -0.39 is 11.6 Å². The summed E-state index contributed by atoms with van der Waals surface area (Å²) >= 11 is 1.40. The van der Waals surface area contributed by atoms with Crippen LogP contribution in [-0.2, 0) is 16.9 Å². The van der Waals surface area contributed by atoms with Gasteiger partial charge in [-0.05, 0) is 56.0 Å². The Balaban J connectivity index is 1.64. The topological polar surface area (TPSA) is 90.1 Å². The highest BCUT2D eigenvalue weighted by atomic mass is 32.2. The molecule has 34 heavy (non-hydrogen) atoms. The maximum atomic E-state index is 13.5. The third kappa shape index (κ3) is 5.43. The fraction of sp³-hybridized carbons (Fsp3) is 0.200. The highest BCUT2D eigenvalue weighted by Crippen LogP contribution is 2.35. The molecule has 0 aliphatic rings. The molecule has 0 saturated carbocycles. The van der Waals surface area contributed by atoms with Gasteiger partial charge >= 0.3 is 6.09 Å². The molecule has 0 saturated heterocycles. The Bertz CT molecular complexity index is 1280. The molecule has 0 aliphatic heterocycles. The van der Waals surface area contributed by atoms with Crippen LogP contribution in [0.25, 0.3) is 22.7 Å². The molecule has 4 aromatic rings. The number of oxazole rings is 1. The van der Waals surface area contributed by atoms with Crippen LogP contribution in [-0.4, -0.2) is 27.3 Å². The predicted octanol–water partition coefficient (Wildman–Crippen LogP) is 5.82. The van der Waals surface area contributed by atoms with E-state index in [2.05, 4.69) is 20.3 Å². The van der Waals surface area contributed by atoms with E-state index in [0.717, 1.165) is 5.56 Å². The second-order valence-electron chi connectivity index (χ2n) is 7.94. The number of rotatable bonds is 7. The molecule has 7 nitrogen and oxygen atoms in total. The third-order valence-corrected chi connectivity index (χ3v) is 5.52. The Morgan fingerprint density at radius 1 is 1.09 bits per heavy atom. The average Bonchev–Trinajstić information content (AvgIpc) is 3.30. The maximum absolute atomic E-state index is 13.5. The number of nitrogens with zero attached hydrogens (tertiary/aromatic N) is 3. The zero-order chi connectivity index (χ0) is 24.1. The van der Waals surface area contributed by atoms with Crippen molar-refractivity contribution in [2.24, 2.45) is 0 Å². The van der Waals surface area contributed by atoms with E-state index in [0.29, 0.717) is 27.9 Å². The van der Waals surface area contributed by atoms with Crippen molar-refractivity contribution in [2.45, 2.75) is 31.1 Å². The first kappa shape index (κ1) is 23.4. The summed E-state index contributed by atoms with van der Waals surface area (Å²) in [7, 11) is 0. The molecule has 0 bridgehead atoms. The number of benzene rings is 2. The number of hydrogen-bond acceptors (Lipinski definition) is 7. The lowest BCUT2D eigenvalue weighted by molar-refractivity contribution is 0.126. The number of carbonyl (C=O) groups excluding carboxylic acids is 1. The molecule has 0 spiro atoms. The first-order valence-electron chi connectivity index (χ1n) is 10.5. The van der Waals surface area contributed by atoms with E-state index in [-0.39, 0.29) is 18.3 Å². The Morgan fingerprint density at radius 2 is 1.82 bits per heavy atom. The van der Waals surface area contributed by atoms with Crippen LogP contribution in [0.3, 0.4) is 0 Å². The SMILES string of the molecule is CSc1nccc(-c2oc(C(C)(C)NC(=O)OCc3ccccc3)nc2-c2ccc(F)cc2)n1. The van der Waals surface area contributed by atoms with Crippen LogP contribution in [0.4, 0.5) is 9.18 Å². The van der Waals surface area contributed by atoms with E-state index in [1.54, 1.807) is 38.2 Å². The van der Waals surface area contributed by atoms with Crippen LogP contribution < -0.4 is 5.32 Å². The number of thioether (sulfide) groups is 1. The molecule has 2 aromatic heterocycles. The molecule has 0 radical (unpaired) electrons. The normalized spacial score (nSPS) is 11.3. The fourth-order valence-corrected chi connectivity index (χ4v) is 3.55. The van der Waals surface area contributed by atoms with Crippen LogP contribution in [0, 0.1) is 5.82 Å². The largest absolute Gasteiger partial charge is 0.445 e. The highest BCUT2D eigenvalue weighted by Gasteiger charge is 2.32. The second kappa shape index (κ2) is 10.0. The van der Waals surface area contributed by atoms with Crippen LogP contribution in [0.1, 0.15) is 25.3 Å². The number of nitrogens with one attached hydrogen (secondary N) is 1. The molecule has 2 aromatic carbocycles. The Morgan fingerprint density at radius 3 is 2.53 bits per heavy atom. The van der Waals surface area contributed by atoms with E-state index in [9.17, 15) is 9.18 Å². The molecule has 1 N–H and O–H groups in total. The lowest BCUT2D eigenvalue weighted by Gasteiger charge is -2.22. The minimum absolute atomic E-state index is 0.138. The zero-order valence-electron chi connectivity index (χ0n) is 18.9. The molecule has 174 valence electrons. The van der Waals surface area contributed by atoms with Crippen molar-refractivity contribution in [1.82, 2.24) is 20.3 Å². The summed E-state index contributed by atoms with van der Waals surface area (Å²) in [5.41, 5.74) is 1.53. The van der Waals surface area contributed by atoms with E-state index in [1.165, 1.54) is 23.9 Å². The van der Waals surface area contributed by atoms with Gasteiger partial charge in [0.1, 0.15) is 29.4 Å². The number of amides is 1. The van der Waals surface area contributed by atoms with E-state index in [4.69, 9.17) is 9.15 Å². The third-order valence-electron chi connectivity index (χ3n) is 4.96. The second-order valence-corrected chi connectivity index (χ2v) is 8.72. The molecule has 9 heteroatoms. The summed E-state index contributed by atoms with van der Waals surface area (Å²) < 4.78 is 25.0. The van der Waals surface area contributed by atoms with Crippen molar-refractivity contribution < 1.29 is 18.3 Å². The van der Waals surface area contributed by atoms with Crippen molar-refractivity contribution >= 4 is 17.9 Å². The van der Waals surface area contributed by atoms with E-state index >= 15 is 0 Å². The molecule has 0 fully saturated rings. The lowest BCUT2D eigenvalue weighted by atomic mass is 10.1. The van der Waals surface area contributed by atoms with Crippen LogP contribution >= 0.6 is 11.8 Å². The van der Waals surface area contributed by atoms with Gasteiger partial charge in [0.05, 0.1) is 0 Å². The fourth-order valence-electron chi connectivity index (χ4n) is 3.20. The van der Waals surface area contributed by atoms with Gasteiger partial charge in [-0.3, -0.25) is 0 Å². The Labute approximate surface area is 200 Å². The first-order chi connectivity index (χ1) is 16.4. The Hall–Kier alpha value is -3.72. The van der Waals surface area contributed by atoms with Gasteiger partial charge in [-0.1, -0.05) is 42.1 Å². The summed E-state index contributed by atoms with van der Waals surface area (Å²) in [5.74, 6) is 0.290. The Kier molecular flexibility index (Phi) is 6.93. The van der Waals surface area contributed by atoms with Gasteiger partial charge in [-0.25, -0.2) is 24.1 Å². The van der Waals surface area contributed by atoms with Gasteiger partial charge < -0.3 is 14.5 Å². The van der Waals surface area contributed by atoms with Crippen LogP contribution in [0.2, 0.25) is 0 Å². The highest BCUT2D eigenvalue weighted by molar-refractivity contribution is 7.98. The monoisotopic (exact) mass is 478 g/mol. The number of carbonyl (C=O) groups is 1. The standard InChI is InChI=1S/C25H23FN4O3S/c1-25(2,30-24(31)32-15-16-7-5-4-6-8-16)22-29-20(17-9-11-18(26)12-10-17)21(33-22)19-13-14-27-23(28-19)34-3/h4-14H,15H2,1-3H3,(H,30,31). The van der Waals surface area contributed by atoms with Crippen LogP contribution in [0.5, 0.6) is 0 Å². The average molecular weight is 479 g/mol. The van der Waals surface area contributed by atoms with Crippen LogP contribution in [0.15, 0.2) is 76.4 Å². The molecule has 0 aliphatic carbocycles. The predicted molar refractivity (Wildman–Crippen MR) is 127 cm³/mol. The summed E-state index contributed by atoms with van der Waals surface area (Å²) in [6, 6.07) is 17.0. The molecule has 4 rings (SSSR count). The van der Waals surface area contributed by atoms with Crippen molar-refractivity contribution in [3.63, 3.8) is 0 Å². The molecule has 2 heterocycles. The number of alkyl carbamates (subject to hydrolysis) is 1. The number of aromatic nitrogens is 3. The number of halogens is 1. The van der Waals surface area contributed by atoms with Gasteiger partial charge in [0, 0.05) is 11.8 Å². The minimum Gasteiger partial charge on any atom is -0.445 e. The van der Waals surface area contributed by atoms with Gasteiger partial charge in [-0.2, -0.15) is 0 Å². The zero-order valence-corrected chi connectivity index (χ0v) is 19.7. The summed E-state index contributed by atoms with van der Waals surface area (Å²) in [4.78, 5) is 25.9. The van der Waals surface area contributed by atoms with Gasteiger partial charge in [0.2, 0.25) is 5.89 Å². The van der Waals surface area contributed by atoms with Gasteiger partial charge in [-0.15, -0.1) is 0 Å². The molecule has 0 atom stereocenters. The lowest BCUT2D eigenvalue weighted by Crippen LogP contribution is -2.41. The van der Waals surface area contributed by atoms with Crippen molar-refractivity contribution in [1.29, 1.82) is 0 Å². The number of hydrogen-bond donors (Lipinski definition) is 1. The quantitative estimate of drug-likeness (QED) is 0.264. The maximum Gasteiger partial charge on any atom is 0.408 e. The number of ether oxygens (including phenoxy) is 1. The molecular formula is C25H23FN4O3S. The van der Waals surface area contributed by atoms with Crippen molar-refractivity contribution in [2.75, 3.05) is 6.26 Å². The van der Waals surface area contributed by atoms with E-state index in [1.807, 2.05) is 36.6 Å². The molecular weight excluding hydrogens is 455 g/mol. The minimum atomic E-state index is -1.00. The van der Waals surface area contributed by atoms with Crippen molar-refractivity contribution in [3.05, 3.63) is 84.1 Å². The summed E-state index contributed by atoms with van der Waals surface area (Å²) in [6.07, 6.45) is 2.90. The van der Waals surface area contributed by atoms with Gasteiger partial charge in [0.15, 0.2) is 10.9 Å². The first-order valence-corrected chi connectivity index (χ1v) is 11.7. The van der Waals surface area contributed by atoms with Gasteiger partial charge in [0.25, 0.3) is 0 Å². The smallest absolute Gasteiger partial charge is 0.408 e. The summed E-state index contributed by atoms with van der Waals surface area (Å²) in [6.45, 7) is 3.65. The van der Waals surface area contributed by atoms with Crippen molar-refractivity contribution in [3.8, 4) is 22.7 Å². The molecule has 1 amide bonds. The molecule has 0 unspecified atom stereocenters. The summed E-state index contributed by atoms with van der Waals surface area (Å²) in [5, 5.41) is 3.38.